The maximum absolute atomic E-state index is 5.68. The number of guanidine groups is 1. The molecule has 0 spiro atoms. The smallest absolute Gasteiger partial charge is 0.231 e. The number of fused-ring (bicyclic) bond motifs is 1. The van der Waals surface area contributed by atoms with E-state index in [0.29, 0.717) is 19.2 Å². The summed E-state index contributed by atoms with van der Waals surface area (Å²) < 4.78 is 16.3. The number of rotatable bonds is 6. The van der Waals surface area contributed by atoms with Gasteiger partial charge in [-0.25, -0.2) is 4.99 Å². The van der Waals surface area contributed by atoms with Gasteiger partial charge in [-0.1, -0.05) is 0 Å². The van der Waals surface area contributed by atoms with Crippen LogP contribution in [-0.4, -0.2) is 38.5 Å². The highest BCUT2D eigenvalue weighted by Crippen LogP contribution is 2.34. The molecule has 0 aromatic heterocycles. The minimum absolute atomic E-state index is 0.280. The molecule has 0 amide bonds. The lowest BCUT2D eigenvalue weighted by Crippen LogP contribution is -2.38. The largest absolute Gasteiger partial charge is 0.492 e. The monoisotopic (exact) mass is 291 g/mol. The molecule has 0 unspecified atom stereocenters. The predicted octanol–water partition coefficient (Wildman–Crippen LogP) is 1.51. The Hall–Kier alpha value is -2.11. The standard InChI is InChI=1S/C15H21N3O3/c1-2-16-15(18-11-3-4-11)17-7-8-19-12-5-6-13-14(9-12)21-10-20-13/h5-6,9,11H,2-4,7-8,10H2,1H3,(H2,16,17,18). The van der Waals surface area contributed by atoms with E-state index in [9.17, 15) is 0 Å². The molecule has 1 aliphatic heterocycles. The van der Waals surface area contributed by atoms with Crippen LogP contribution in [-0.2, 0) is 0 Å². The van der Waals surface area contributed by atoms with Gasteiger partial charge in [-0.3, -0.25) is 0 Å². The maximum atomic E-state index is 5.68. The third-order valence-corrected chi connectivity index (χ3v) is 3.24. The predicted molar refractivity (Wildman–Crippen MR) is 80.2 cm³/mol. The van der Waals surface area contributed by atoms with E-state index >= 15 is 0 Å². The fourth-order valence-electron chi connectivity index (χ4n) is 2.03. The van der Waals surface area contributed by atoms with Crippen LogP contribution in [0.2, 0.25) is 0 Å². The summed E-state index contributed by atoms with van der Waals surface area (Å²) in [5.74, 6) is 3.15. The first-order valence-electron chi connectivity index (χ1n) is 7.42. The van der Waals surface area contributed by atoms with Crippen LogP contribution in [0.15, 0.2) is 23.2 Å². The highest BCUT2D eigenvalue weighted by atomic mass is 16.7. The number of hydrogen-bond acceptors (Lipinski definition) is 4. The molecule has 2 aliphatic rings. The lowest BCUT2D eigenvalue weighted by Gasteiger charge is -2.10. The van der Waals surface area contributed by atoms with Crippen molar-refractivity contribution in [3.8, 4) is 17.2 Å². The quantitative estimate of drug-likeness (QED) is 0.472. The van der Waals surface area contributed by atoms with Crippen molar-refractivity contribution in [2.75, 3.05) is 26.5 Å². The van der Waals surface area contributed by atoms with Crippen molar-refractivity contribution in [2.45, 2.75) is 25.8 Å². The first kappa shape index (κ1) is 13.9. The second kappa shape index (κ2) is 6.56. The third kappa shape index (κ3) is 3.93. The lowest BCUT2D eigenvalue weighted by atomic mass is 10.3. The molecule has 1 aliphatic carbocycles. The fourth-order valence-corrected chi connectivity index (χ4v) is 2.03. The van der Waals surface area contributed by atoms with Gasteiger partial charge in [0.2, 0.25) is 6.79 Å². The minimum atomic E-state index is 0.280. The molecule has 1 aromatic carbocycles. The summed E-state index contributed by atoms with van der Waals surface area (Å²) in [5.41, 5.74) is 0. The summed E-state index contributed by atoms with van der Waals surface area (Å²) >= 11 is 0. The van der Waals surface area contributed by atoms with Crippen LogP contribution in [0, 0.1) is 0 Å². The zero-order chi connectivity index (χ0) is 14.5. The van der Waals surface area contributed by atoms with Gasteiger partial charge < -0.3 is 24.8 Å². The lowest BCUT2D eigenvalue weighted by molar-refractivity contribution is 0.174. The summed E-state index contributed by atoms with van der Waals surface area (Å²) in [7, 11) is 0. The molecule has 1 heterocycles. The van der Waals surface area contributed by atoms with E-state index in [2.05, 4.69) is 22.5 Å². The molecular formula is C15H21N3O3. The number of ether oxygens (including phenoxy) is 3. The molecule has 21 heavy (non-hydrogen) atoms. The van der Waals surface area contributed by atoms with E-state index in [1.807, 2.05) is 18.2 Å². The molecule has 1 fully saturated rings. The van der Waals surface area contributed by atoms with Crippen molar-refractivity contribution in [3.63, 3.8) is 0 Å². The van der Waals surface area contributed by atoms with Crippen molar-refractivity contribution in [1.82, 2.24) is 10.6 Å². The molecule has 0 radical (unpaired) electrons. The van der Waals surface area contributed by atoms with Gasteiger partial charge in [-0.2, -0.15) is 0 Å². The zero-order valence-electron chi connectivity index (χ0n) is 12.2. The summed E-state index contributed by atoms with van der Waals surface area (Å²) in [6.45, 7) is 4.34. The van der Waals surface area contributed by atoms with Crippen molar-refractivity contribution in [2.24, 2.45) is 4.99 Å². The van der Waals surface area contributed by atoms with Gasteiger partial charge in [0.05, 0.1) is 6.54 Å². The molecule has 1 saturated carbocycles. The topological polar surface area (TPSA) is 64.1 Å². The molecule has 1 aromatic rings. The van der Waals surface area contributed by atoms with Crippen LogP contribution < -0.4 is 24.8 Å². The molecular weight excluding hydrogens is 270 g/mol. The highest BCUT2D eigenvalue weighted by Gasteiger charge is 2.22. The van der Waals surface area contributed by atoms with E-state index in [1.54, 1.807) is 0 Å². The molecule has 0 atom stereocenters. The Morgan fingerprint density at radius 2 is 2.19 bits per heavy atom. The van der Waals surface area contributed by atoms with Crippen LogP contribution in [0.1, 0.15) is 19.8 Å². The first-order chi connectivity index (χ1) is 10.3. The minimum Gasteiger partial charge on any atom is -0.492 e. The molecule has 6 heteroatoms. The second-order valence-electron chi connectivity index (χ2n) is 5.04. The normalized spacial score (nSPS) is 16.7. The van der Waals surface area contributed by atoms with Crippen molar-refractivity contribution in [3.05, 3.63) is 18.2 Å². The van der Waals surface area contributed by atoms with E-state index in [4.69, 9.17) is 14.2 Å². The number of nitrogens with one attached hydrogen (secondary N) is 2. The van der Waals surface area contributed by atoms with Gasteiger partial charge in [0, 0.05) is 18.7 Å². The maximum Gasteiger partial charge on any atom is 0.231 e. The van der Waals surface area contributed by atoms with Gasteiger partial charge in [-0.05, 0) is 31.9 Å². The van der Waals surface area contributed by atoms with Crippen LogP contribution >= 0.6 is 0 Å². The summed E-state index contributed by atoms with van der Waals surface area (Å²) in [6.07, 6.45) is 2.47. The van der Waals surface area contributed by atoms with Crippen molar-refractivity contribution >= 4 is 5.96 Å². The van der Waals surface area contributed by atoms with Gasteiger partial charge in [-0.15, -0.1) is 0 Å². The van der Waals surface area contributed by atoms with E-state index in [0.717, 1.165) is 29.8 Å². The number of aliphatic imine (C=N–C) groups is 1. The fraction of sp³-hybridized carbons (Fsp3) is 0.533. The van der Waals surface area contributed by atoms with E-state index in [-0.39, 0.29) is 6.79 Å². The summed E-state index contributed by atoms with van der Waals surface area (Å²) in [4.78, 5) is 4.49. The van der Waals surface area contributed by atoms with Crippen molar-refractivity contribution < 1.29 is 14.2 Å². The van der Waals surface area contributed by atoms with Gasteiger partial charge in [0.15, 0.2) is 17.5 Å². The number of nitrogens with zero attached hydrogens (tertiary/aromatic N) is 1. The van der Waals surface area contributed by atoms with Crippen LogP contribution in [0.5, 0.6) is 17.2 Å². The van der Waals surface area contributed by atoms with Gasteiger partial charge in [0.25, 0.3) is 0 Å². The molecule has 0 bridgehead atoms. The Bertz CT molecular complexity index is 515. The van der Waals surface area contributed by atoms with Crippen LogP contribution in [0.3, 0.4) is 0 Å². The number of hydrogen-bond donors (Lipinski definition) is 2. The molecule has 2 N–H and O–H groups in total. The summed E-state index contributed by atoms with van der Waals surface area (Å²) in [6, 6.07) is 6.18. The second-order valence-corrected chi connectivity index (χ2v) is 5.04. The SMILES string of the molecule is CCNC(=NCCOc1ccc2c(c1)OCO2)NC1CC1. The average Bonchev–Trinajstić information content (AvgIpc) is 3.18. The molecule has 0 saturated heterocycles. The van der Waals surface area contributed by atoms with E-state index < -0.39 is 0 Å². The zero-order valence-corrected chi connectivity index (χ0v) is 12.2. The number of benzene rings is 1. The van der Waals surface area contributed by atoms with E-state index in [1.165, 1.54) is 12.8 Å². The Labute approximate surface area is 124 Å². The van der Waals surface area contributed by atoms with Gasteiger partial charge in [0.1, 0.15) is 12.4 Å². The highest BCUT2D eigenvalue weighted by molar-refractivity contribution is 5.80. The third-order valence-electron chi connectivity index (χ3n) is 3.24. The summed E-state index contributed by atoms with van der Waals surface area (Å²) in [5, 5.41) is 6.60. The van der Waals surface area contributed by atoms with Crippen LogP contribution in [0.25, 0.3) is 0 Å². The van der Waals surface area contributed by atoms with Crippen molar-refractivity contribution in [1.29, 1.82) is 0 Å². The Kier molecular flexibility index (Phi) is 4.33. The molecule has 3 rings (SSSR count). The van der Waals surface area contributed by atoms with Gasteiger partial charge >= 0.3 is 0 Å². The Morgan fingerprint density at radius 3 is 3.00 bits per heavy atom. The van der Waals surface area contributed by atoms with Crippen LogP contribution in [0.4, 0.5) is 0 Å². The first-order valence-corrected chi connectivity index (χ1v) is 7.42. The average molecular weight is 291 g/mol. The Morgan fingerprint density at radius 1 is 1.33 bits per heavy atom. The molecule has 114 valence electrons. The Balaban J connectivity index is 1.46. The molecule has 6 nitrogen and oxygen atoms in total.